The molecule has 0 unspecified atom stereocenters. The molecule has 1 aromatic carbocycles. The number of hydrogen-bond acceptors (Lipinski definition) is 1. The Bertz CT molecular complexity index is 490. The number of benzene rings is 1. The molecule has 2 bridgehead atoms. The molecule has 2 aliphatic carbocycles. The topological polar surface area (TPSA) is 3.24 Å². The second-order valence-corrected chi connectivity index (χ2v) is 7.32. The van der Waals surface area contributed by atoms with Gasteiger partial charge in [0.25, 0.3) is 0 Å². The van der Waals surface area contributed by atoms with Gasteiger partial charge >= 0.3 is 0 Å². The number of fused-ring (bicyclic) bond motifs is 4. The fourth-order valence-corrected chi connectivity index (χ4v) is 4.54. The van der Waals surface area contributed by atoms with Crippen molar-refractivity contribution in [1.82, 2.24) is 4.90 Å². The highest BCUT2D eigenvalue weighted by atomic mass is 15.2. The summed E-state index contributed by atoms with van der Waals surface area (Å²) in [7, 11) is 0. The zero-order valence-corrected chi connectivity index (χ0v) is 12.2. The molecule has 1 nitrogen and oxygen atoms in total. The van der Waals surface area contributed by atoms with Gasteiger partial charge in [-0.25, -0.2) is 0 Å². The first-order chi connectivity index (χ1) is 9.18. The summed E-state index contributed by atoms with van der Waals surface area (Å²) in [6, 6.07) is 9.99. The van der Waals surface area contributed by atoms with Gasteiger partial charge in [-0.3, -0.25) is 4.90 Å². The minimum atomic E-state index is 0.416. The van der Waals surface area contributed by atoms with Crippen LogP contribution in [0.1, 0.15) is 44.2 Å². The molecule has 1 heterocycles. The van der Waals surface area contributed by atoms with Crippen molar-refractivity contribution in [2.24, 2.45) is 11.8 Å². The molecule has 0 aromatic heterocycles. The third-order valence-electron chi connectivity index (χ3n) is 6.22. The first-order valence-electron chi connectivity index (χ1n) is 8.01. The second-order valence-electron chi connectivity index (χ2n) is 7.32. The van der Waals surface area contributed by atoms with Gasteiger partial charge in [0.1, 0.15) is 0 Å². The zero-order chi connectivity index (χ0) is 13.0. The molecule has 1 aliphatic heterocycles. The Balaban J connectivity index is 1.70. The summed E-state index contributed by atoms with van der Waals surface area (Å²) in [6.45, 7) is 7.69. The highest BCUT2D eigenvalue weighted by molar-refractivity contribution is 5.39. The summed E-state index contributed by atoms with van der Waals surface area (Å²) in [6.07, 6.45) is 5.57. The third kappa shape index (κ3) is 1.78. The molecule has 1 saturated heterocycles. The lowest BCUT2D eigenvalue weighted by Gasteiger charge is -2.54. The van der Waals surface area contributed by atoms with E-state index in [0.717, 1.165) is 17.9 Å². The van der Waals surface area contributed by atoms with E-state index in [0.29, 0.717) is 5.41 Å². The summed E-state index contributed by atoms with van der Waals surface area (Å²) < 4.78 is 0. The molecule has 19 heavy (non-hydrogen) atoms. The van der Waals surface area contributed by atoms with Crippen LogP contribution in [0.15, 0.2) is 24.3 Å². The van der Waals surface area contributed by atoms with Gasteiger partial charge in [0.15, 0.2) is 0 Å². The molecule has 1 aromatic rings. The van der Waals surface area contributed by atoms with Crippen molar-refractivity contribution in [3.8, 4) is 0 Å². The van der Waals surface area contributed by atoms with Crippen LogP contribution < -0.4 is 0 Å². The molecule has 0 N–H and O–H groups in total. The van der Waals surface area contributed by atoms with Crippen molar-refractivity contribution in [1.29, 1.82) is 0 Å². The molecule has 0 spiro atoms. The van der Waals surface area contributed by atoms with Gasteiger partial charge < -0.3 is 0 Å². The van der Waals surface area contributed by atoms with Crippen molar-refractivity contribution >= 4 is 0 Å². The quantitative estimate of drug-likeness (QED) is 0.780. The predicted octanol–water partition coefficient (Wildman–Crippen LogP) is 3.62. The van der Waals surface area contributed by atoms with E-state index >= 15 is 0 Å². The molecule has 1 heteroatoms. The number of likely N-dealkylation sites (tertiary alicyclic amines) is 1. The van der Waals surface area contributed by atoms with Crippen LogP contribution in [0.3, 0.4) is 0 Å². The van der Waals surface area contributed by atoms with E-state index in [4.69, 9.17) is 0 Å². The van der Waals surface area contributed by atoms with Crippen molar-refractivity contribution in [2.45, 2.75) is 51.0 Å². The van der Waals surface area contributed by atoms with Gasteiger partial charge in [0.2, 0.25) is 0 Å². The molecular weight excluding hydrogens is 230 g/mol. The van der Waals surface area contributed by atoms with E-state index in [1.54, 1.807) is 11.1 Å². The van der Waals surface area contributed by atoms with Crippen LogP contribution in [0, 0.1) is 11.8 Å². The summed E-state index contributed by atoms with van der Waals surface area (Å²) in [5, 5.41) is 0. The van der Waals surface area contributed by atoms with Gasteiger partial charge in [-0.2, -0.15) is 0 Å². The van der Waals surface area contributed by atoms with Crippen LogP contribution in [0.2, 0.25) is 0 Å². The Morgan fingerprint density at radius 1 is 1.26 bits per heavy atom. The predicted molar refractivity (Wildman–Crippen MR) is 79.4 cm³/mol. The maximum Gasteiger partial charge on any atom is 0.0170 e. The fourth-order valence-electron chi connectivity index (χ4n) is 4.54. The molecule has 0 amide bonds. The van der Waals surface area contributed by atoms with Crippen molar-refractivity contribution in [2.75, 3.05) is 13.1 Å². The Morgan fingerprint density at radius 2 is 2.05 bits per heavy atom. The van der Waals surface area contributed by atoms with E-state index in [-0.39, 0.29) is 0 Å². The molecule has 0 radical (unpaired) electrons. The fraction of sp³-hybridized carbons (Fsp3) is 0.667. The SMILES string of the molecule is C[C@@H]1[C@H]2Cc3ccccc3[C@]1(C)CCN2CC1CC1. The van der Waals surface area contributed by atoms with E-state index in [1.807, 2.05) is 0 Å². The third-order valence-corrected chi connectivity index (χ3v) is 6.22. The molecule has 3 aliphatic rings. The smallest absolute Gasteiger partial charge is 0.0170 e. The van der Waals surface area contributed by atoms with E-state index in [2.05, 4.69) is 43.0 Å². The Hall–Kier alpha value is -0.820. The van der Waals surface area contributed by atoms with Crippen LogP contribution in [-0.4, -0.2) is 24.0 Å². The minimum absolute atomic E-state index is 0.416. The molecule has 3 atom stereocenters. The number of hydrogen-bond donors (Lipinski definition) is 0. The lowest BCUT2D eigenvalue weighted by Crippen LogP contribution is -2.58. The van der Waals surface area contributed by atoms with Crippen LogP contribution in [0.4, 0.5) is 0 Å². The first-order valence-corrected chi connectivity index (χ1v) is 8.01. The van der Waals surface area contributed by atoms with Crippen LogP contribution in [0.5, 0.6) is 0 Å². The maximum absolute atomic E-state index is 2.82. The molecule has 2 fully saturated rings. The van der Waals surface area contributed by atoms with Gasteiger partial charge in [0, 0.05) is 12.6 Å². The monoisotopic (exact) mass is 255 g/mol. The van der Waals surface area contributed by atoms with Gasteiger partial charge in [-0.15, -0.1) is 0 Å². The average molecular weight is 255 g/mol. The number of piperidine rings is 1. The van der Waals surface area contributed by atoms with Gasteiger partial charge in [-0.1, -0.05) is 38.1 Å². The largest absolute Gasteiger partial charge is 0.299 e. The van der Waals surface area contributed by atoms with E-state index in [1.165, 1.54) is 38.8 Å². The van der Waals surface area contributed by atoms with Crippen LogP contribution >= 0.6 is 0 Å². The van der Waals surface area contributed by atoms with E-state index < -0.39 is 0 Å². The minimum Gasteiger partial charge on any atom is -0.299 e. The lowest BCUT2D eigenvalue weighted by molar-refractivity contribution is 0.0284. The summed E-state index contributed by atoms with van der Waals surface area (Å²) >= 11 is 0. The van der Waals surface area contributed by atoms with Gasteiger partial charge in [0.05, 0.1) is 0 Å². The Morgan fingerprint density at radius 3 is 2.84 bits per heavy atom. The lowest BCUT2D eigenvalue weighted by atomic mass is 9.59. The summed E-state index contributed by atoms with van der Waals surface area (Å²) in [4.78, 5) is 2.82. The van der Waals surface area contributed by atoms with Gasteiger partial charge in [-0.05, 0) is 60.6 Å². The van der Waals surface area contributed by atoms with Crippen molar-refractivity contribution in [3.05, 3.63) is 35.4 Å². The summed E-state index contributed by atoms with van der Waals surface area (Å²) in [5.41, 5.74) is 3.68. The molecule has 102 valence electrons. The number of nitrogens with zero attached hydrogens (tertiary/aromatic N) is 1. The number of rotatable bonds is 2. The average Bonchev–Trinajstić information content (AvgIpc) is 3.21. The van der Waals surface area contributed by atoms with Crippen molar-refractivity contribution < 1.29 is 0 Å². The Kier molecular flexibility index (Phi) is 2.57. The maximum atomic E-state index is 2.82. The second kappa shape index (κ2) is 4.09. The normalized spacial score (nSPS) is 38.0. The molecular formula is C18H25N. The highest BCUT2D eigenvalue weighted by Gasteiger charge is 2.48. The Labute approximate surface area is 117 Å². The van der Waals surface area contributed by atoms with Crippen LogP contribution in [0.25, 0.3) is 0 Å². The van der Waals surface area contributed by atoms with E-state index in [9.17, 15) is 0 Å². The first kappa shape index (κ1) is 12.0. The summed E-state index contributed by atoms with van der Waals surface area (Å²) in [5.74, 6) is 1.82. The zero-order valence-electron chi connectivity index (χ0n) is 12.2. The highest BCUT2D eigenvalue weighted by Crippen LogP contribution is 2.49. The molecule has 4 rings (SSSR count). The molecule has 1 saturated carbocycles. The van der Waals surface area contributed by atoms with Crippen LogP contribution in [-0.2, 0) is 11.8 Å². The van der Waals surface area contributed by atoms with Crippen molar-refractivity contribution in [3.63, 3.8) is 0 Å². The standard InChI is InChI=1S/C18H25N/c1-13-17-11-15-5-3-4-6-16(15)18(13,2)9-10-19(17)12-14-7-8-14/h3-6,13-14,17H,7-12H2,1-2H3/t13-,17-,18-/m1/s1.